The molecule has 7 heteroatoms. The molecule has 1 aliphatic heterocycles. The van der Waals surface area contributed by atoms with E-state index in [1.807, 2.05) is 29.2 Å². The van der Waals surface area contributed by atoms with Crippen LogP contribution in [0.15, 0.2) is 33.2 Å². The molecule has 0 aliphatic carbocycles. The molecular weight excluding hydrogens is 284 g/mol. The highest BCUT2D eigenvalue weighted by molar-refractivity contribution is 5.74. The second kappa shape index (κ2) is 5.10. The number of ether oxygens (including phenoxy) is 1. The lowest BCUT2D eigenvalue weighted by atomic mass is 10.2. The summed E-state index contributed by atoms with van der Waals surface area (Å²) in [6.45, 7) is 2.48. The van der Waals surface area contributed by atoms with Gasteiger partial charge in [-0.15, -0.1) is 0 Å². The van der Waals surface area contributed by atoms with E-state index >= 15 is 0 Å². The molecule has 2 aromatic heterocycles. The van der Waals surface area contributed by atoms with Crippen molar-refractivity contribution in [3.63, 3.8) is 0 Å². The van der Waals surface area contributed by atoms with Gasteiger partial charge in [-0.2, -0.15) is 9.97 Å². The van der Waals surface area contributed by atoms with Crippen molar-refractivity contribution in [2.75, 3.05) is 18.6 Å². The molecule has 4 rings (SSSR count). The molecule has 3 heterocycles. The van der Waals surface area contributed by atoms with Crippen molar-refractivity contribution in [2.24, 2.45) is 0 Å². The minimum Gasteiger partial charge on any atom is -0.423 e. The van der Waals surface area contributed by atoms with Crippen molar-refractivity contribution in [1.82, 2.24) is 15.1 Å². The third-order valence-corrected chi connectivity index (χ3v) is 3.95. The lowest BCUT2D eigenvalue weighted by molar-refractivity contribution is 0.117. The molecule has 114 valence electrons. The molecule has 0 spiro atoms. The number of aromatic nitrogens is 3. The summed E-state index contributed by atoms with van der Waals surface area (Å²) in [5.74, 6) is 1.19. The molecule has 0 saturated carbocycles. The third-order valence-electron chi connectivity index (χ3n) is 3.95. The molecule has 3 aromatic rings. The van der Waals surface area contributed by atoms with E-state index in [1.54, 1.807) is 14.0 Å². The summed E-state index contributed by atoms with van der Waals surface area (Å²) in [5.41, 5.74) is 1.60. The summed E-state index contributed by atoms with van der Waals surface area (Å²) in [7, 11) is 1.70. The van der Waals surface area contributed by atoms with Gasteiger partial charge in [0.1, 0.15) is 11.6 Å². The molecule has 1 saturated heterocycles. The SMILES string of the molecule is CO[C@@H]1C[C@H](c2nc(C)no2)N(c2nc3ccccc3o2)C1. The van der Waals surface area contributed by atoms with Gasteiger partial charge in [-0.05, 0) is 19.1 Å². The van der Waals surface area contributed by atoms with Gasteiger partial charge in [-0.25, -0.2) is 0 Å². The number of anilines is 1. The maximum Gasteiger partial charge on any atom is 0.299 e. The lowest BCUT2D eigenvalue weighted by Gasteiger charge is -2.18. The first-order valence-corrected chi connectivity index (χ1v) is 7.20. The molecule has 0 unspecified atom stereocenters. The first kappa shape index (κ1) is 13.3. The fourth-order valence-electron chi connectivity index (χ4n) is 2.85. The van der Waals surface area contributed by atoms with Crippen LogP contribution < -0.4 is 4.90 Å². The molecule has 0 bridgehead atoms. The van der Waals surface area contributed by atoms with Gasteiger partial charge in [-0.1, -0.05) is 17.3 Å². The lowest BCUT2D eigenvalue weighted by Crippen LogP contribution is -2.25. The highest BCUT2D eigenvalue weighted by atomic mass is 16.5. The van der Waals surface area contributed by atoms with E-state index in [0.717, 1.165) is 17.5 Å². The zero-order valence-electron chi connectivity index (χ0n) is 12.4. The second-order valence-electron chi connectivity index (χ2n) is 5.41. The number of aryl methyl sites for hydroxylation is 1. The van der Waals surface area contributed by atoms with Gasteiger partial charge in [-0.3, -0.25) is 0 Å². The maximum absolute atomic E-state index is 5.87. The van der Waals surface area contributed by atoms with Crippen molar-refractivity contribution in [3.05, 3.63) is 36.0 Å². The fourth-order valence-corrected chi connectivity index (χ4v) is 2.85. The van der Waals surface area contributed by atoms with Gasteiger partial charge in [0.05, 0.1) is 6.10 Å². The molecular formula is C15H16N4O3. The van der Waals surface area contributed by atoms with Crippen LogP contribution in [-0.2, 0) is 4.74 Å². The number of nitrogens with zero attached hydrogens (tertiary/aromatic N) is 4. The Morgan fingerprint density at radius 3 is 2.86 bits per heavy atom. The molecule has 0 N–H and O–H groups in total. The van der Waals surface area contributed by atoms with E-state index in [2.05, 4.69) is 15.1 Å². The summed E-state index contributed by atoms with van der Waals surface area (Å²) in [5, 5.41) is 3.88. The monoisotopic (exact) mass is 300 g/mol. The first-order valence-electron chi connectivity index (χ1n) is 7.20. The average Bonchev–Trinajstić information content (AvgIpc) is 3.23. The summed E-state index contributed by atoms with van der Waals surface area (Å²) < 4.78 is 16.7. The normalized spacial score (nSPS) is 21.8. The number of benzene rings is 1. The maximum atomic E-state index is 5.87. The third kappa shape index (κ3) is 2.14. The minimum atomic E-state index is -0.0841. The molecule has 1 fully saturated rings. The minimum absolute atomic E-state index is 0.0761. The number of rotatable bonds is 3. The molecule has 1 aliphatic rings. The summed E-state index contributed by atoms with van der Waals surface area (Å²) in [6.07, 6.45) is 0.837. The molecule has 22 heavy (non-hydrogen) atoms. The van der Waals surface area contributed by atoms with Crippen LogP contribution in [0, 0.1) is 6.92 Å². The Balaban J connectivity index is 1.73. The van der Waals surface area contributed by atoms with Gasteiger partial charge in [0, 0.05) is 20.1 Å². The Hall–Kier alpha value is -2.41. The van der Waals surface area contributed by atoms with Gasteiger partial charge in [0.15, 0.2) is 11.4 Å². The van der Waals surface area contributed by atoms with Crippen molar-refractivity contribution >= 4 is 17.1 Å². The number of fused-ring (bicyclic) bond motifs is 1. The Kier molecular flexibility index (Phi) is 3.07. The zero-order chi connectivity index (χ0) is 15.1. The van der Waals surface area contributed by atoms with Crippen molar-refractivity contribution in [3.8, 4) is 0 Å². The van der Waals surface area contributed by atoms with Crippen LogP contribution in [0.2, 0.25) is 0 Å². The first-order chi connectivity index (χ1) is 10.7. The van der Waals surface area contributed by atoms with E-state index in [0.29, 0.717) is 24.3 Å². The summed E-state index contributed by atoms with van der Waals surface area (Å²) in [6, 6.07) is 8.17. The van der Waals surface area contributed by atoms with Crippen molar-refractivity contribution < 1.29 is 13.7 Å². The molecule has 7 nitrogen and oxygen atoms in total. The molecule has 1 aromatic carbocycles. The Morgan fingerprint density at radius 2 is 2.14 bits per heavy atom. The molecule has 0 amide bonds. The Bertz CT molecular complexity index is 764. The summed E-state index contributed by atoms with van der Waals surface area (Å²) in [4.78, 5) is 10.9. The van der Waals surface area contributed by atoms with Gasteiger partial charge < -0.3 is 18.6 Å². The molecule has 0 radical (unpaired) electrons. The average molecular weight is 300 g/mol. The number of para-hydroxylation sites is 2. The Morgan fingerprint density at radius 1 is 1.27 bits per heavy atom. The van der Waals surface area contributed by atoms with Gasteiger partial charge >= 0.3 is 0 Å². The quantitative estimate of drug-likeness (QED) is 0.735. The number of hydrogen-bond donors (Lipinski definition) is 0. The van der Waals surface area contributed by atoms with Crippen molar-refractivity contribution in [2.45, 2.75) is 25.5 Å². The topological polar surface area (TPSA) is 77.4 Å². The van der Waals surface area contributed by atoms with Crippen LogP contribution in [-0.4, -0.2) is 34.9 Å². The Labute approximate surface area is 126 Å². The van der Waals surface area contributed by atoms with E-state index in [1.165, 1.54) is 0 Å². The van der Waals surface area contributed by atoms with E-state index in [9.17, 15) is 0 Å². The van der Waals surface area contributed by atoms with Crippen LogP contribution in [0.5, 0.6) is 0 Å². The van der Waals surface area contributed by atoms with Crippen LogP contribution in [0.4, 0.5) is 6.01 Å². The zero-order valence-corrected chi connectivity index (χ0v) is 12.4. The standard InChI is InChI=1S/C15H16N4O3/c1-9-16-14(22-18-9)12-7-10(20-2)8-19(12)15-17-11-5-3-4-6-13(11)21-15/h3-6,10,12H,7-8H2,1-2H3/t10-,12-/m1/s1. The predicted molar refractivity (Wildman–Crippen MR) is 78.5 cm³/mol. The van der Waals surface area contributed by atoms with E-state index in [-0.39, 0.29) is 12.1 Å². The largest absolute Gasteiger partial charge is 0.423 e. The van der Waals surface area contributed by atoms with Crippen LogP contribution in [0.3, 0.4) is 0 Å². The fraction of sp³-hybridized carbons (Fsp3) is 0.400. The van der Waals surface area contributed by atoms with E-state index < -0.39 is 0 Å². The van der Waals surface area contributed by atoms with Gasteiger partial charge in [0.2, 0.25) is 5.89 Å². The number of methoxy groups -OCH3 is 1. The number of oxazole rings is 1. The van der Waals surface area contributed by atoms with Crippen molar-refractivity contribution in [1.29, 1.82) is 0 Å². The predicted octanol–water partition coefficient (Wildman–Crippen LogP) is 2.49. The van der Waals surface area contributed by atoms with Gasteiger partial charge in [0.25, 0.3) is 6.01 Å². The summed E-state index contributed by atoms with van der Waals surface area (Å²) >= 11 is 0. The van der Waals surface area contributed by atoms with Crippen LogP contribution >= 0.6 is 0 Å². The number of hydrogen-bond acceptors (Lipinski definition) is 7. The highest BCUT2D eigenvalue weighted by Gasteiger charge is 2.39. The van der Waals surface area contributed by atoms with E-state index in [4.69, 9.17) is 13.7 Å². The highest BCUT2D eigenvalue weighted by Crippen LogP contribution is 2.37. The second-order valence-corrected chi connectivity index (χ2v) is 5.41. The van der Waals surface area contributed by atoms with Crippen LogP contribution in [0.25, 0.3) is 11.1 Å². The molecule has 2 atom stereocenters. The van der Waals surface area contributed by atoms with Crippen LogP contribution in [0.1, 0.15) is 24.2 Å². The smallest absolute Gasteiger partial charge is 0.299 e.